The lowest BCUT2D eigenvalue weighted by molar-refractivity contribution is -0.142. The van der Waals surface area contributed by atoms with Gasteiger partial charge in [0.2, 0.25) is 17.7 Å². The Balaban J connectivity index is 2.17. The quantitative estimate of drug-likeness (QED) is 0.664. The molecule has 3 N–H and O–H groups in total. The second-order valence-electron chi connectivity index (χ2n) is 9.23. The van der Waals surface area contributed by atoms with E-state index in [1.54, 1.807) is 14.0 Å². The van der Waals surface area contributed by atoms with Crippen LogP contribution >= 0.6 is 0 Å². The fraction of sp³-hybridized carbons (Fsp3) is 0.640. The molecule has 0 aromatic heterocycles. The molecule has 1 saturated heterocycles. The zero-order valence-corrected chi connectivity index (χ0v) is 20.0. The van der Waals surface area contributed by atoms with E-state index in [1.165, 1.54) is 4.90 Å². The van der Waals surface area contributed by atoms with Crippen molar-refractivity contribution in [2.24, 2.45) is 5.92 Å². The van der Waals surface area contributed by atoms with Gasteiger partial charge in [-0.25, -0.2) is 0 Å². The van der Waals surface area contributed by atoms with Gasteiger partial charge in [-0.15, -0.1) is 0 Å². The third kappa shape index (κ3) is 8.26. The van der Waals surface area contributed by atoms with E-state index in [9.17, 15) is 14.4 Å². The molecular weight excluding hydrogens is 404 g/mol. The van der Waals surface area contributed by atoms with Gasteiger partial charge in [0.15, 0.2) is 0 Å². The molecule has 1 aliphatic rings. The first kappa shape index (κ1) is 25.8. The van der Waals surface area contributed by atoms with Crippen molar-refractivity contribution in [2.75, 3.05) is 20.1 Å². The van der Waals surface area contributed by atoms with Crippen molar-refractivity contribution in [1.82, 2.24) is 20.9 Å². The van der Waals surface area contributed by atoms with E-state index in [2.05, 4.69) is 16.0 Å². The lowest BCUT2D eigenvalue weighted by Gasteiger charge is -2.31. The molecule has 1 heterocycles. The second-order valence-corrected chi connectivity index (χ2v) is 9.23. The highest BCUT2D eigenvalue weighted by atomic mass is 16.2. The van der Waals surface area contributed by atoms with Gasteiger partial charge in [-0.1, -0.05) is 57.0 Å². The molecular formula is C25H40N4O3. The summed E-state index contributed by atoms with van der Waals surface area (Å²) in [5.74, 6) is -0.315. The summed E-state index contributed by atoms with van der Waals surface area (Å²) in [7, 11) is 1.65. The molecule has 1 fully saturated rings. The van der Waals surface area contributed by atoms with Crippen LogP contribution in [-0.4, -0.2) is 60.9 Å². The molecule has 1 aromatic rings. The minimum Gasteiger partial charge on any atom is -0.354 e. The summed E-state index contributed by atoms with van der Waals surface area (Å²) in [4.78, 5) is 40.5. The first-order valence-electron chi connectivity index (χ1n) is 11.9. The number of nitrogens with one attached hydrogen (secondary N) is 3. The predicted molar refractivity (Wildman–Crippen MR) is 127 cm³/mol. The van der Waals surface area contributed by atoms with Crippen LogP contribution in [0.25, 0.3) is 0 Å². The van der Waals surface area contributed by atoms with Crippen molar-refractivity contribution >= 4 is 17.7 Å². The van der Waals surface area contributed by atoms with Gasteiger partial charge in [-0.05, 0) is 50.6 Å². The van der Waals surface area contributed by atoms with Crippen LogP contribution in [0.3, 0.4) is 0 Å². The SMILES string of the molecule is CC(C)C[C@H]1C(=O)NCCCCCCN[C@@H](Cc2ccccc2)C(=O)N[C@@H](C)C(=O)N1C. The van der Waals surface area contributed by atoms with Crippen LogP contribution in [0.1, 0.15) is 58.4 Å². The third-order valence-electron chi connectivity index (χ3n) is 5.93. The summed E-state index contributed by atoms with van der Waals surface area (Å²) < 4.78 is 0. The molecule has 0 saturated carbocycles. The Labute approximate surface area is 192 Å². The van der Waals surface area contributed by atoms with Crippen molar-refractivity contribution in [2.45, 2.75) is 77.4 Å². The van der Waals surface area contributed by atoms with Gasteiger partial charge in [-0.2, -0.15) is 0 Å². The van der Waals surface area contributed by atoms with Crippen molar-refractivity contribution < 1.29 is 14.4 Å². The molecule has 7 heteroatoms. The Morgan fingerprint density at radius 2 is 1.62 bits per heavy atom. The van der Waals surface area contributed by atoms with Gasteiger partial charge >= 0.3 is 0 Å². The Bertz CT molecular complexity index is 738. The minimum atomic E-state index is -0.719. The molecule has 1 aromatic carbocycles. The van der Waals surface area contributed by atoms with E-state index in [1.807, 2.05) is 44.2 Å². The molecule has 1 aliphatic heterocycles. The van der Waals surface area contributed by atoms with Crippen LogP contribution in [-0.2, 0) is 20.8 Å². The number of likely N-dealkylation sites (N-methyl/N-ethyl adjacent to an activating group) is 1. The van der Waals surface area contributed by atoms with Crippen LogP contribution in [0.5, 0.6) is 0 Å². The van der Waals surface area contributed by atoms with E-state index >= 15 is 0 Å². The summed E-state index contributed by atoms with van der Waals surface area (Å²) in [6.07, 6.45) is 5.04. The van der Waals surface area contributed by atoms with Crippen molar-refractivity contribution in [1.29, 1.82) is 0 Å². The zero-order valence-electron chi connectivity index (χ0n) is 20.0. The summed E-state index contributed by atoms with van der Waals surface area (Å²) in [6.45, 7) is 7.11. The van der Waals surface area contributed by atoms with Gasteiger partial charge < -0.3 is 20.9 Å². The molecule has 3 amide bonds. The van der Waals surface area contributed by atoms with Gasteiger partial charge in [0.05, 0.1) is 6.04 Å². The van der Waals surface area contributed by atoms with E-state index in [0.717, 1.165) is 37.8 Å². The van der Waals surface area contributed by atoms with E-state index in [4.69, 9.17) is 0 Å². The average Bonchev–Trinajstić information content (AvgIpc) is 2.77. The van der Waals surface area contributed by atoms with Gasteiger partial charge in [-0.3, -0.25) is 14.4 Å². The van der Waals surface area contributed by atoms with E-state index < -0.39 is 18.1 Å². The molecule has 178 valence electrons. The highest BCUT2D eigenvalue weighted by Gasteiger charge is 2.31. The first-order valence-corrected chi connectivity index (χ1v) is 11.9. The molecule has 7 nitrogen and oxygen atoms in total. The van der Waals surface area contributed by atoms with Crippen molar-refractivity contribution in [3.05, 3.63) is 35.9 Å². The molecule has 2 rings (SSSR count). The monoisotopic (exact) mass is 444 g/mol. The van der Waals surface area contributed by atoms with Crippen LogP contribution in [0.4, 0.5) is 0 Å². The maximum atomic E-state index is 13.1. The molecule has 0 unspecified atom stereocenters. The van der Waals surface area contributed by atoms with Crippen LogP contribution < -0.4 is 16.0 Å². The van der Waals surface area contributed by atoms with Crippen LogP contribution in [0.2, 0.25) is 0 Å². The number of hydrogen-bond donors (Lipinski definition) is 3. The Morgan fingerprint density at radius 3 is 2.28 bits per heavy atom. The highest BCUT2D eigenvalue weighted by molar-refractivity contribution is 5.92. The maximum absolute atomic E-state index is 13.1. The summed E-state index contributed by atoms with van der Waals surface area (Å²) in [5.41, 5.74) is 1.07. The minimum absolute atomic E-state index is 0.121. The first-order chi connectivity index (χ1) is 15.3. The van der Waals surface area contributed by atoms with Crippen molar-refractivity contribution in [3.8, 4) is 0 Å². The molecule has 0 aliphatic carbocycles. The fourth-order valence-corrected chi connectivity index (χ4v) is 4.04. The Hall–Kier alpha value is -2.41. The largest absolute Gasteiger partial charge is 0.354 e. The van der Waals surface area contributed by atoms with Crippen molar-refractivity contribution in [3.63, 3.8) is 0 Å². The maximum Gasteiger partial charge on any atom is 0.245 e. The topological polar surface area (TPSA) is 90.5 Å². The fourth-order valence-electron chi connectivity index (χ4n) is 4.04. The summed E-state index contributed by atoms with van der Waals surface area (Å²) in [5, 5.41) is 9.25. The van der Waals surface area contributed by atoms with Gasteiger partial charge in [0.25, 0.3) is 0 Å². The van der Waals surface area contributed by atoms with Crippen LogP contribution in [0.15, 0.2) is 30.3 Å². The number of benzene rings is 1. The number of carbonyl (C=O) groups is 3. The summed E-state index contributed by atoms with van der Waals surface area (Å²) >= 11 is 0. The van der Waals surface area contributed by atoms with Gasteiger partial charge in [0, 0.05) is 13.6 Å². The normalized spacial score (nSPS) is 24.8. The number of carbonyl (C=O) groups excluding carboxylic acids is 3. The van der Waals surface area contributed by atoms with E-state index in [-0.39, 0.29) is 23.6 Å². The highest BCUT2D eigenvalue weighted by Crippen LogP contribution is 2.13. The number of hydrogen-bond acceptors (Lipinski definition) is 4. The summed E-state index contributed by atoms with van der Waals surface area (Å²) in [6, 6.07) is 8.21. The second kappa shape index (κ2) is 13.2. The Morgan fingerprint density at radius 1 is 0.969 bits per heavy atom. The molecule has 32 heavy (non-hydrogen) atoms. The Kier molecular flexibility index (Phi) is 10.7. The number of rotatable bonds is 4. The molecule has 0 bridgehead atoms. The zero-order chi connectivity index (χ0) is 23.5. The number of amides is 3. The standard InChI is InChI=1S/C25H40N4O3/c1-18(2)16-22-24(31)27-15-11-6-5-10-14-26-21(17-20-12-8-7-9-13-20)23(30)28-19(3)25(32)29(22)4/h7-9,12-13,18-19,21-22,26H,5-6,10-11,14-17H2,1-4H3,(H,27,31)(H,28,30)/t19-,21-,22-/m0/s1. The lowest BCUT2D eigenvalue weighted by Crippen LogP contribution is -2.56. The lowest BCUT2D eigenvalue weighted by atomic mass is 10.0. The van der Waals surface area contributed by atoms with Crippen LogP contribution in [0, 0.1) is 5.92 Å². The smallest absolute Gasteiger partial charge is 0.245 e. The van der Waals surface area contributed by atoms with E-state index in [0.29, 0.717) is 19.4 Å². The third-order valence-corrected chi connectivity index (χ3v) is 5.93. The number of nitrogens with zero attached hydrogens (tertiary/aromatic N) is 1. The molecule has 0 spiro atoms. The predicted octanol–water partition coefficient (Wildman–Crippen LogP) is 2.26. The molecule has 3 atom stereocenters. The molecule has 0 radical (unpaired) electrons. The van der Waals surface area contributed by atoms with Gasteiger partial charge in [0.1, 0.15) is 12.1 Å². The average molecular weight is 445 g/mol.